The first-order chi connectivity index (χ1) is 7.40. The molecule has 0 bridgehead atoms. The predicted molar refractivity (Wildman–Crippen MR) is 64.3 cm³/mol. The molecule has 1 fully saturated rings. The number of rotatable bonds is 4. The maximum Gasteiger partial charge on any atom is 0.128 e. The number of anilines is 1. The Balaban J connectivity index is 1.96. The molecule has 1 aliphatic rings. The number of nitrogens with zero attached hydrogens (tertiary/aromatic N) is 2. The lowest BCUT2D eigenvalue weighted by molar-refractivity contribution is 0.791. The molecule has 1 aromatic heterocycles. The fraction of sp³-hybridized carbons (Fsp3) is 0.615. The molecule has 0 spiro atoms. The van der Waals surface area contributed by atoms with E-state index in [4.69, 9.17) is 0 Å². The van der Waals surface area contributed by atoms with E-state index < -0.39 is 0 Å². The van der Waals surface area contributed by atoms with Crippen LogP contribution in [0.25, 0.3) is 0 Å². The molecular formula is C13H20N2. The third-order valence-corrected chi connectivity index (χ3v) is 3.06. The Bertz CT molecular complexity index is 286. The molecule has 0 amide bonds. The highest BCUT2D eigenvalue weighted by Crippen LogP contribution is 2.17. The molecule has 0 unspecified atom stereocenters. The van der Waals surface area contributed by atoms with Gasteiger partial charge in [0.15, 0.2) is 0 Å². The smallest absolute Gasteiger partial charge is 0.128 e. The van der Waals surface area contributed by atoms with Gasteiger partial charge < -0.3 is 4.90 Å². The van der Waals surface area contributed by atoms with E-state index in [1.54, 1.807) is 0 Å². The molecule has 0 aromatic carbocycles. The minimum Gasteiger partial charge on any atom is -0.357 e. The highest BCUT2D eigenvalue weighted by molar-refractivity contribution is 5.40. The van der Waals surface area contributed by atoms with Crippen LogP contribution in [0.3, 0.4) is 0 Å². The van der Waals surface area contributed by atoms with E-state index >= 15 is 0 Å². The van der Waals surface area contributed by atoms with Crippen LogP contribution in [0, 0.1) is 0 Å². The topological polar surface area (TPSA) is 16.1 Å². The van der Waals surface area contributed by atoms with Gasteiger partial charge in [0, 0.05) is 19.3 Å². The van der Waals surface area contributed by atoms with E-state index in [0.717, 1.165) is 5.82 Å². The first-order valence-electron chi connectivity index (χ1n) is 6.10. The predicted octanol–water partition coefficient (Wildman–Crippen LogP) is 3.02. The lowest BCUT2D eigenvalue weighted by Gasteiger charge is -2.16. The van der Waals surface area contributed by atoms with Crippen LogP contribution in [-0.4, -0.2) is 18.1 Å². The quantitative estimate of drug-likeness (QED) is 0.749. The van der Waals surface area contributed by atoms with E-state index in [1.165, 1.54) is 50.8 Å². The lowest BCUT2D eigenvalue weighted by atomic mass is 10.1. The SMILES string of the molecule is CCCCc1ccc(N2CCCC2)nc1. The van der Waals surface area contributed by atoms with E-state index in [0.29, 0.717) is 0 Å². The van der Waals surface area contributed by atoms with Gasteiger partial charge in [-0.05, 0) is 37.3 Å². The first-order valence-corrected chi connectivity index (χ1v) is 6.10. The van der Waals surface area contributed by atoms with Gasteiger partial charge >= 0.3 is 0 Å². The Hall–Kier alpha value is -1.05. The van der Waals surface area contributed by atoms with Gasteiger partial charge in [-0.2, -0.15) is 0 Å². The number of unbranched alkanes of at least 4 members (excludes halogenated alkanes) is 1. The van der Waals surface area contributed by atoms with Crippen molar-refractivity contribution in [1.82, 2.24) is 4.98 Å². The standard InChI is InChI=1S/C13H20N2/c1-2-3-6-12-7-8-13(14-11-12)15-9-4-5-10-15/h7-8,11H,2-6,9-10H2,1H3. The van der Waals surface area contributed by atoms with Crippen LogP contribution >= 0.6 is 0 Å². The van der Waals surface area contributed by atoms with Gasteiger partial charge in [0.1, 0.15) is 5.82 Å². The molecule has 0 radical (unpaired) electrons. The van der Waals surface area contributed by atoms with Crippen molar-refractivity contribution in [2.24, 2.45) is 0 Å². The molecule has 2 nitrogen and oxygen atoms in total. The minimum atomic E-state index is 1.16. The Morgan fingerprint density at radius 3 is 2.67 bits per heavy atom. The maximum absolute atomic E-state index is 4.54. The summed E-state index contributed by atoms with van der Waals surface area (Å²) in [5, 5.41) is 0. The number of pyridine rings is 1. The van der Waals surface area contributed by atoms with E-state index in [2.05, 4.69) is 28.9 Å². The summed E-state index contributed by atoms with van der Waals surface area (Å²) in [4.78, 5) is 6.92. The van der Waals surface area contributed by atoms with Crippen LogP contribution in [0.4, 0.5) is 5.82 Å². The zero-order valence-corrected chi connectivity index (χ0v) is 9.58. The van der Waals surface area contributed by atoms with E-state index in [1.807, 2.05) is 6.20 Å². The van der Waals surface area contributed by atoms with Crippen molar-refractivity contribution < 1.29 is 0 Å². The molecule has 0 atom stereocenters. The van der Waals surface area contributed by atoms with Gasteiger partial charge in [0.2, 0.25) is 0 Å². The Morgan fingerprint density at radius 2 is 2.07 bits per heavy atom. The summed E-state index contributed by atoms with van der Waals surface area (Å²) in [6.07, 6.45) is 8.38. The normalized spacial score (nSPS) is 15.9. The summed E-state index contributed by atoms with van der Waals surface area (Å²) in [7, 11) is 0. The summed E-state index contributed by atoms with van der Waals surface area (Å²) in [6.45, 7) is 4.59. The van der Waals surface area contributed by atoms with Gasteiger partial charge in [0.25, 0.3) is 0 Å². The van der Waals surface area contributed by atoms with Crippen molar-refractivity contribution in [3.63, 3.8) is 0 Å². The van der Waals surface area contributed by atoms with Crippen LogP contribution in [0.15, 0.2) is 18.3 Å². The largest absolute Gasteiger partial charge is 0.357 e. The van der Waals surface area contributed by atoms with Gasteiger partial charge in [-0.15, -0.1) is 0 Å². The highest BCUT2D eigenvalue weighted by atomic mass is 15.2. The average molecular weight is 204 g/mol. The van der Waals surface area contributed by atoms with Gasteiger partial charge in [0.05, 0.1) is 0 Å². The minimum absolute atomic E-state index is 1.16. The summed E-state index contributed by atoms with van der Waals surface area (Å²) in [5.74, 6) is 1.16. The summed E-state index contributed by atoms with van der Waals surface area (Å²) in [6, 6.07) is 4.41. The lowest BCUT2D eigenvalue weighted by Crippen LogP contribution is -2.18. The van der Waals surface area contributed by atoms with Crippen LogP contribution < -0.4 is 4.90 Å². The zero-order chi connectivity index (χ0) is 10.5. The van der Waals surface area contributed by atoms with Crippen LogP contribution in [0.2, 0.25) is 0 Å². The molecule has 2 rings (SSSR count). The highest BCUT2D eigenvalue weighted by Gasteiger charge is 2.12. The van der Waals surface area contributed by atoms with Crippen molar-refractivity contribution in [2.75, 3.05) is 18.0 Å². The van der Waals surface area contributed by atoms with Crippen LogP contribution in [0.1, 0.15) is 38.2 Å². The molecule has 2 heterocycles. The number of hydrogen-bond donors (Lipinski definition) is 0. The Kier molecular flexibility index (Phi) is 3.59. The van der Waals surface area contributed by atoms with Crippen molar-refractivity contribution in [1.29, 1.82) is 0 Å². The molecule has 1 aromatic rings. The third-order valence-electron chi connectivity index (χ3n) is 3.06. The Labute approximate surface area is 92.3 Å². The molecule has 0 N–H and O–H groups in total. The summed E-state index contributed by atoms with van der Waals surface area (Å²) in [5.41, 5.74) is 1.37. The zero-order valence-electron chi connectivity index (χ0n) is 9.58. The monoisotopic (exact) mass is 204 g/mol. The van der Waals surface area contributed by atoms with Crippen LogP contribution in [0.5, 0.6) is 0 Å². The second-order valence-corrected chi connectivity index (χ2v) is 4.32. The number of aryl methyl sites for hydroxylation is 1. The van der Waals surface area contributed by atoms with Gasteiger partial charge in [-0.25, -0.2) is 4.98 Å². The second kappa shape index (κ2) is 5.15. The maximum atomic E-state index is 4.54. The van der Waals surface area contributed by atoms with Crippen molar-refractivity contribution in [3.8, 4) is 0 Å². The molecule has 1 aliphatic heterocycles. The van der Waals surface area contributed by atoms with Gasteiger partial charge in [-0.1, -0.05) is 19.4 Å². The molecular weight excluding hydrogens is 184 g/mol. The van der Waals surface area contributed by atoms with Crippen molar-refractivity contribution in [3.05, 3.63) is 23.9 Å². The number of hydrogen-bond acceptors (Lipinski definition) is 2. The molecule has 1 saturated heterocycles. The summed E-state index contributed by atoms with van der Waals surface area (Å²) >= 11 is 0. The molecule has 0 aliphatic carbocycles. The molecule has 15 heavy (non-hydrogen) atoms. The van der Waals surface area contributed by atoms with Crippen molar-refractivity contribution >= 4 is 5.82 Å². The summed E-state index contributed by atoms with van der Waals surface area (Å²) < 4.78 is 0. The Morgan fingerprint density at radius 1 is 1.27 bits per heavy atom. The fourth-order valence-electron chi connectivity index (χ4n) is 2.08. The van der Waals surface area contributed by atoms with Crippen LogP contribution in [-0.2, 0) is 6.42 Å². The average Bonchev–Trinajstić information content (AvgIpc) is 2.80. The van der Waals surface area contributed by atoms with E-state index in [9.17, 15) is 0 Å². The second-order valence-electron chi connectivity index (χ2n) is 4.32. The van der Waals surface area contributed by atoms with Crippen molar-refractivity contribution in [2.45, 2.75) is 39.0 Å². The van der Waals surface area contributed by atoms with E-state index in [-0.39, 0.29) is 0 Å². The van der Waals surface area contributed by atoms with Gasteiger partial charge in [-0.3, -0.25) is 0 Å². The number of aromatic nitrogens is 1. The first kappa shape index (κ1) is 10.5. The fourth-order valence-corrected chi connectivity index (χ4v) is 2.08. The third kappa shape index (κ3) is 2.71. The molecule has 82 valence electrons. The molecule has 2 heteroatoms. The molecule has 0 saturated carbocycles.